The summed E-state index contributed by atoms with van der Waals surface area (Å²) in [7, 11) is 0. The third kappa shape index (κ3) is 5.77. The monoisotopic (exact) mass is 350 g/mol. The molecule has 0 radical (unpaired) electrons. The average Bonchev–Trinajstić information content (AvgIpc) is 2.55. The summed E-state index contributed by atoms with van der Waals surface area (Å²) < 4.78 is 0. The maximum atomic E-state index is 10.5. The van der Waals surface area contributed by atoms with E-state index in [1.807, 2.05) is 0 Å². The minimum Gasteiger partial charge on any atom is -0.478 e. The third-order valence-corrected chi connectivity index (χ3v) is 2.78. The molecule has 2 aromatic rings. The summed E-state index contributed by atoms with van der Waals surface area (Å²) in [5.74, 6) is -4.91. The Morgan fingerprint density at radius 3 is 0.760 bits per heavy atom. The highest BCUT2D eigenvalue weighted by Crippen LogP contribution is 2.08. The lowest BCUT2D eigenvalue weighted by atomic mass is 10.1. The topological polar surface area (TPSA) is 181 Å². The zero-order chi connectivity index (χ0) is 18.3. The first-order chi connectivity index (χ1) is 11.3. The molecule has 9 heteroatoms. The van der Waals surface area contributed by atoms with Gasteiger partial charge in [0.1, 0.15) is 0 Å². The van der Waals surface area contributed by atoms with E-state index in [0.29, 0.717) is 0 Å². The molecule has 0 aliphatic heterocycles. The van der Waals surface area contributed by atoms with Crippen LogP contribution in [0.3, 0.4) is 0 Å². The molecule has 25 heavy (non-hydrogen) atoms. The van der Waals surface area contributed by atoms with E-state index in [-0.39, 0.29) is 27.7 Å². The number of carbonyl (C=O) groups is 4. The van der Waals surface area contributed by atoms with Gasteiger partial charge in [0.15, 0.2) is 0 Å². The Morgan fingerprint density at radius 2 is 0.640 bits per heavy atom. The summed E-state index contributed by atoms with van der Waals surface area (Å²) in [6.07, 6.45) is 0. The second-order valence-corrected chi connectivity index (χ2v) is 4.31. The van der Waals surface area contributed by atoms with E-state index < -0.39 is 23.9 Å². The second kappa shape index (κ2) is 9.43. The van der Waals surface area contributed by atoms with E-state index >= 15 is 0 Å². The normalized spacial score (nSPS) is 8.96. The summed E-state index contributed by atoms with van der Waals surface area (Å²) in [4.78, 5) is 41.9. The number of carboxylic acids is 4. The Bertz CT molecular complexity index is 662. The molecule has 0 heterocycles. The van der Waals surface area contributed by atoms with E-state index in [2.05, 4.69) is 0 Å². The quantitative estimate of drug-likeness (QED) is 0.637. The Balaban J connectivity index is 0.000000443. The van der Waals surface area contributed by atoms with Gasteiger partial charge in [-0.2, -0.15) is 0 Å². The van der Waals surface area contributed by atoms with Crippen molar-refractivity contribution in [3.05, 3.63) is 70.8 Å². The number of hydrogen-bond donors (Lipinski definition) is 4. The van der Waals surface area contributed by atoms with Crippen molar-refractivity contribution >= 4 is 23.9 Å². The fourth-order valence-corrected chi connectivity index (χ4v) is 1.71. The lowest BCUT2D eigenvalue weighted by Gasteiger charge is -1.98. The van der Waals surface area contributed by atoms with E-state index in [1.165, 1.54) is 48.5 Å². The molecule has 0 unspecified atom stereocenters. The van der Waals surface area contributed by atoms with Crippen molar-refractivity contribution in [2.75, 3.05) is 0 Å². The van der Waals surface area contributed by atoms with Crippen molar-refractivity contribution in [3.63, 3.8) is 0 Å². The Morgan fingerprint density at radius 1 is 0.480 bits per heavy atom. The molecule has 9 nitrogen and oxygen atoms in total. The molecular weight excluding hydrogens is 336 g/mol. The predicted molar refractivity (Wildman–Crippen MR) is 84.3 cm³/mol. The van der Waals surface area contributed by atoms with Gasteiger partial charge in [0.05, 0.1) is 22.3 Å². The molecule has 0 fully saturated rings. The largest absolute Gasteiger partial charge is 0.478 e. The summed E-state index contributed by atoms with van der Waals surface area (Å²) in [5, 5.41) is 34.2. The van der Waals surface area contributed by atoms with Gasteiger partial charge < -0.3 is 25.9 Å². The molecule has 6 N–H and O–H groups in total. The molecule has 0 bridgehead atoms. The molecule has 0 amide bonds. The minimum atomic E-state index is -1.23. The highest BCUT2D eigenvalue weighted by molar-refractivity contribution is 6.02. The van der Waals surface area contributed by atoms with Gasteiger partial charge in [-0.25, -0.2) is 19.2 Å². The fraction of sp³-hybridized carbons (Fsp3) is 0. The minimum absolute atomic E-state index is 0. The van der Waals surface area contributed by atoms with E-state index in [9.17, 15) is 19.2 Å². The van der Waals surface area contributed by atoms with Crippen molar-refractivity contribution in [1.29, 1.82) is 0 Å². The molecule has 0 atom stereocenters. The summed E-state index contributed by atoms with van der Waals surface area (Å²) in [6, 6.07) is 11.0. The summed E-state index contributed by atoms with van der Waals surface area (Å²) in [5.41, 5.74) is -0.759. The van der Waals surface area contributed by atoms with Crippen LogP contribution in [0.5, 0.6) is 0 Å². The maximum absolute atomic E-state index is 10.5. The van der Waals surface area contributed by atoms with Crippen LogP contribution in [0.15, 0.2) is 48.5 Å². The van der Waals surface area contributed by atoms with Crippen LogP contribution >= 0.6 is 0 Å². The van der Waals surface area contributed by atoms with Crippen molar-refractivity contribution in [2.24, 2.45) is 0 Å². The molecule has 0 aliphatic rings. The molecule has 0 aliphatic carbocycles. The van der Waals surface area contributed by atoms with Gasteiger partial charge in [-0.05, 0) is 24.3 Å². The zero-order valence-electron chi connectivity index (χ0n) is 12.5. The first-order valence-electron chi connectivity index (χ1n) is 6.37. The van der Waals surface area contributed by atoms with Crippen LogP contribution in [0.1, 0.15) is 41.4 Å². The first kappa shape index (κ1) is 21.3. The van der Waals surface area contributed by atoms with Gasteiger partial charge in [-0.1, -0.05) is 24.3 Å². The Kier molecular flexibility index (Phi) is 8.02. The SMILES string of the molecule is O.O=C(O)c1ccccc1C(=O)O.O=C(O)c1ccccc1C(=O)O. The number of aromatic carboxylic acids is 4. The van der Waals surface area contributed by atoms with Gasteiger partial charge in [-0.15, -0.1) is 0 Å². The number of hydrogen-bond acceptors (Lipinski definition) is 4. The molecule has 0 saturated carbocycles. The fourth-order valence-electron chi connectivity index (χ4n) is 1.71. The van der Waals surface area contributed by atoms with E-state index in [0.717, 1.165) is 0 Å². The zero-order valence-corrected chi connectivity index (χ0v) is 12.5. The van der Waals surface area contributed by atoms with Crippen LogP contribution in [0.25, 0.3) is 0 Å². The highest BCUT2D eigenvalue weighted by Gasteiger charge is 2.14. The standard InChI is InChI=1S/2C8H6O4.H2O/c2*9-7(10)5-3-1-2-4-6(5)8(11)12;/h2*1-4H,(H,9,10)(H,11,12);1H2. The number of benzene rings is 2. The Labute approximate surface area is 140 Å². The van der Waals surface area contributed by atoms with Crippen LogP contribution in [-0.4, -0.2) is 49.8 Å². The lowest BCUT2D eigenvalue weighted by Crippen LogP contribution is -2.06. The smallest absolute Gasteiger partial charge is 0.336 e. The van der Waals surface area contributed by atoms with Crippen LogP contribution in [0.4, 0.5) is 0 Å². The molecule has 2 rings (SSSR count). The highest BCUT2D eigenvalue weighted by atomic mass is 16.4. The van der Waals surface area contributed by atoms with Crippen molar-refractivity contribution in [1.82, 2.24) is 0 Å². The lowest BCUT2D eigenvalue weighted by molar-refractivity contribution is 0.0651. The van der Waals surface area contributed by atoms with Gasteiger partial charge in [0, 0.05) is 0 Å². The van der Waals surface area contributed by atoms with Crippen LogP contribution in [-0.2, 0) is 0 Å². The molecule has 0 aromatic heterocycles. The Hall–Kier alpha value is -3.72. The van der Waals surface area contributed by atoms with Crippen LogP contribution < -0.4 is 0 Å². The van der Waals surface area contributed by atoms with Crippen LogP contribution in [0.2, 0.25) is 0 Å². The van der Waals surface area contributed by atoms with Gasteiger partial charge >= 0.3 is 23.9 Å². The third-order valence-electron chi connectivity index (χ3n) is 2.78. The number of carboxylic acid groups (broad SMARTS) is 4. The van der Waals surface area contributed by atoms with Crippen molar-refractivity contribution < 1.29 is 45.1 Å². The molecular formula is C16H14O9. The second-order valence-electron chi connectivity index (χ2n) is 4.31. The van der Waals surface area contributed by atoms with Gasteiger partial charge in [0.2, 0.25) is 0 Å². The van der Waals surface area contributed by atoms with Crippen molar-refractivity contribution in [2.45, 2.75) is 0 Å². The van der Waals surface area contributed by atoms with Gasteiger partial charge in [0.25, 0.3) is 0 Å². The van der Waals surface area contributed by atoms with E-state index in [4.69, 9.17) is 20.4 Å². The maximum Gasteiger partial charge on any atom is 0.336 e. The van der Waals surface area contributed by atoms with Gasteiger partial charge in [-0.3, -0.25) is 0 Å². The first-order valence-corrected chi connectivity index (χ1v) is 6.37. The molecule has 2 aromatic carbocycles. The number of rotatable bonds is 4. The summed E-state index contributed by atoms with van der Waals surface area (Å²) >= 11 is 0. The average molecular weight is 350 g/mol. The predicted octanol–water partition coefficient (Wildman–Crippen LogP) is 1.34. The van der Waals surface area contributed by atoms with E-state index in [1.54, 1.807) is 0 Å². The summed E-state index contributed by atoms with van der Waals surface area (Å²) in [6.45, 7) is 0. The van der Waals surface area contributed by atoms with Crippen molar-refractivity contribution in [3.8, 4) is 0 Å². The molecule has 0 saturated heterocycles. The van der Waals surface area contributed by atoms with Crippen LogP contribution in [0, 0.1) is 0 Å². The molecule has 0 spiro atoms. The molecule has 132 valence electrons.